The molecule has 2 aromatic rings. The first-order valence-electron chi connectivity index (χ1n) is 5.89. The Balaban J connectivity index is 2.52. The van der Waals surface area contributed by atoms with Crippen molar-refractivity contribution in [1.29, 1.82) is 0 Å². The molecule has 4 nitrogen and oxygen atoms in total. The number of benzene rings is 1. The van der Waals surface area contributed by atoms with Crippen molar-refractivity contribution in [2.24, 2.45) is 12.8 Å². The number of thiocarbonyl (C=S) groups is 1. The van der Waals surface area contributed by atoms with Gasteiger partial charge in [0.15, 0.2) is 0 Å². The van der Waals surface area contributed by atoms with Gasteiger partial charge in [-0.3, -0.25) is 0 Å². The molecule has 1 aromatic carbocycles. The zero-order valence-corrected chi connectivity index (χ0v) is 12.0. The van der Waals surface area contributed by atoms with E-state index < -0.39 is 11.7 Å². The van der Waals surface area contributed by atoms with Crippen molar-refractivity contribution in [3.63, 3.8) is 0 Å². The topological polar surface area (TPSA) is 53.1 Å². The zero-order chi connectivity index (χ0) is 15.8. The molecule has 0 aliphatic rings. The monoisotopic (exact) mass is 315 g/mol. The minimum absolute atomic E-state index is 0.0140. The standard InChI is InChI=1S/C13H12F3N3OS/c1-7-10(11(17)21)12(19(2)18-7)20-9-6-4-3-5-8(9)13(14,15)16/h3-6H,1-2H3,(H2,17,21). The van der Waals surface area contributed by atoms with Gasteiger partial charge in [0.05, 0.1) is 16.8 Å². The third kappa shape index (κ3) is 2.99. The number of nitrogens with two attached hydrogens (primary N) is 1. The maximum Gasteiger partial charge on any atom is 0.419 e. The van der Waals surface area contributed by atoms with Gasteiger partial charge < -0.3 is 10.5 Å². The molecule has 21 heavy (non-hydrogen) atoms. The van der Waals surface area contributed by atoms with Crippen molar-refractivity contribution < 1.29 is 17.9 Å². The molecule has 0 bridgehead atoms. The number of hydrogen-bond acceptors (Lipinski definition) is 3. The van der Waals surface area contributed by atoms with Crippen molar-refractivity contribution in [2.75, 3.05) is 0 Å². The number of halogens is 3. The first-order valence-corrected chi connectivity index (χ1v) is 6.30. The molecule has 0 saturated heterocycles. The van der Waals surface area contributed by atoms with E-state index in [2.05, 4.69) is 5.10 Å². The lowest BCUT2D eigenvalue weighted by atomic mass is 10.2. The van der Waals surface area contributed by atoms with Crippen LogP contribution in [0.4, 0.5) is 13.2 Å². The normalized spacial score (nSPS) is 11.5. The van der Waals surface area contributed by atoms with Crippen LogP contribution >= 0.6 is 12.2 Å². The molecule has 0 spiro atoms. The first kappa shape index (κ1) is 15.3. The summed E-state index contributed by atoms with van der Waals surface area (Å²) in [7, 11) is 1.54. The van der Waals surface area contributed by atoms with Crippen LogP contribution in [0.15, 0.2) is 24.3 Å². The minimum atomic E-state index is -4.52. The maximum absolute atomic E-state index is 13.0. The lowest BCUT2D eigenvalue weighted by molar-refractivity contribution is -0.138. The Morgan fingerprint density at radius 1 is 1.33 bits per heavy atom. The van der Waals surface area contributed by atoms with Gasteiger partial charge in [0.1, 0.15) is 10.7 Å². The van der Waals surface area contributed by atoms with Crippen molar-refractivity contribution >= 4 is 17.2 Å². The van der Waals surface area contributed by atoms with Gasteiger partial charge in [0, 0.05) is 7.05 Å². The molecule has 8 heteroatoms. The minimum Gasteiger partial charge on any atom is -0.438 e. The fourth-order valence-corrected chi connectivity index (χ4v) is 2.17. The Morgan fingerprint density at radius 2 is 1.95 bits per heavy atom. The van der Waals surface area contributed by atoms with Crippen LogP contribution in [0.25, 0.3) is 0 Å². The predicted octanol–water partition coefficient (Wildman–Crippen LogP) is 3.17. The highest BCUT2D eigenvalue weighted by Crippen LogP contribution is 2.38. The summed E-state index contributed by atoms with van der Waals surface area (Å²) in [6, 6.07) is 4.92. The van der Waals surface area contributed by atoms with Gasteiger partial charge in [0.25, 0.3) is 0 Å². The lowest BCUT2D eigenvalue weighted by Gasteiger charge is -2.14. The number of ether oxygens (including phenoxy) is 1. The highest BCUT2D eigenvalue weighted by molar-refractivity contribution is 7.80. The summed E-state index contributed by atoms with van der Waals surface area (Å²) in [5.74, 6) is -0.248. The zero-order valence-electron chi connectivity index (χ0n) is 11.2. The largest absolute Gasteiger partial charge is 0.438 e. The molecule has 0 atom stereocenters. The summed E-state index contributed by atoms with van der Waals surface area (Å²) in [6.45, 7) is 1.65. The van der Waals surface area contributed by atoms with Gasteiger partial charge in [-0.25, -0.2) is 4.68 Å². The van der Waals surface area contributed by atoms with Gasteiger partial charge >= 0.3 is 6.18 Å². The number of aryl methyl sites for hydroxylation is 2. The van der Waals surface area contributed by atoms with Crippen LogP contribution in [-0.2, 0) is 13.2 Å². The molecular weight excluding hydrogens is 303 g/mol. The number of nitrogens with zero attached hydrogens (tertiary/aromatic N) is 2. The molecule has 112 valence electrons. The van der Waals surface area contributed by atoms with Crippen LogP contribution in [0.5, 0.6) is 11.6 Å². The number of alkyl halides is 3. The molecule has 0 unspecified atom stereocenters. The summed E-state index contributed by atoms with van der Waals surface area (Å²) < 4.78 is 45.6. The molecular formula is C13H12F3N3OS. The molecule has 1 heterocycles. The van der Waals surface area contributed by atoms with E-state index in [4.69, 9.17) is 22.7 Å². The van der Waals surface area contributed by atoms with Crippen LogP contribution < -0.4 is 10.5 Å². The van der Waals surface area contributed by atoms with Gasteiger partial charge in [-0.1, -0.05) is 24.4 Å². The number of rotatable bonds is 3. The van der Waals surface area contributed by atoms with Crippen LogP contribution in [0.1, 0.15) is 16.8 Å². The van der Waals surface area contributed by atoms with Crippen LogP contribution in [-0.4, -0.2) is 14.8 Å². The molecule has 0 saturated carbocycles. The van der Waals surface area contributed by atoms with Gasteiger partial charge in [-0.05, 0) is 19.1 Å². The van der Waals surface area contributed by atoms with Crippen molar-refractivity contribution in [2.45, 2.75) is 13.1 Å². The summed E-state index contributed by atoms with van der Waals surface area (Å²) in [5.41, 5.74) is 5.52. The Hall–Kier alpha value is -2.09. The molecule has 0 aliphatic heterocycles. The Morgan fingerprint density at radius 3 is 2.52 bits per heavy atom. The average molecular weight is 315 g/mol. The third-order valence-corrected chi connectivity index (χ3v) is 3.02. The Kier molecular flexibility index (Phi) is 3.91. The molecule has 1 aromatic heterocycles. The van der Waals surface area contributed by atoms with E-state index in [-0.39, 0.29) is 16.6 Å². The second-order valence-corrected chi connectivity index (χ2v) is 4.79. The van der Waals surface area contributed by atoms with E-state index in [1.165, 1.54) is 22.9 Å². The van der Waals surface area contributed by atoms with Gasteiger partial charge in [0.2, 0.25) is 5.88 Å². The Labute approximate surface area is 124 Å². The van der Waals surface area contributed by atoms with E-state index in [0.717, 1.165) is 6.07 Å². The summed E-state index contributed by atoms with van der Waals surface area (Å²) >= 11 is 4.90. The number of hydrogen-bond donors (Lipinski definition) is 1. The van der Waals surface area contributed by atoms with Crippen LogP contribution in [0.3, 0.4) is 0 Å². The molecule has 2 N–H and O–H groups in total. The average Bonchev–Trinajstić information content (AvgIpc) is 2.63. The quantitative estimate of drug-likeness (QED) is 0.884. The van der Waals surface area contributed by atoms with E-state index in [9.17, 15) is 13.2 Å². The molecule has 2 rings (SSSR count). The van der Waals surface area contributed by atoms with E-state index in [1.54, 1.807) is 14.0 Å². The predicted molar refractivity (Wildman–Crippen MR) is 75.4 cm³/mol. The summed E-state index contributed by atoms with van der Waals surface area (Å²) in [4.78, 5) is 0.0140. The molecule has 0 radical (unpaired) electrons. The fraction of sp³-hybridized carbons (Fsp3) is 0.231. The molecule has 0 fully saturated rings. The van der Waals surface area contributed by atoms with Crippen LogP contribution in [0, 0.1) is 6.92 Å². The maximum atomic E-state index is 13.0. The number of aromatic nitrogens is 2. The smallest absolute Gasteiger partial charge is 0.419 e. The molecule has 0 aliphatic carbocycles. The van der Waals surface area contributed by atoms with E-state index in [1.807, 2.05) is 0 Å². The summed E-state index contributed by atoms with van der Waals surface area (Å²) in [5, 5.41) is 4.06. The fourth-order valence-electron chi connectivity index (χ4n) is 1.93. The van der Waals surface area contributed by atoms with Gasteiger partial charge in [-0.15, -0.1) is 0 Å². The van der Waals surface area contributed by atoms with Crippen molar-refractivity contribution in [1.82, 2.24) is 9.78 Å². The Bertz CT molecular complexity index is 694. The van der Waals surface area contributed by atoms with E-state index in [0.29, 0.717) is 11.3 Å². The van der Waals surface area contributed by atoms with Crippen LogP contribution in [0.2, 0.25) is 0 Å². The van der Waals surface area contributed by atoms with Crippen molar-refractivity contribution in [3.05, 3.63) is 41.1 Å². The second-order valence-electron chi connectivity index (χ2n) is 4.35. The second kappa shape index (κ2) is 5.36. The third-order valence-electron chi connectivity index (χ3n) is 2.82. The number of para-hydroxylation sites is 1. The molecule has 0 amide bonds. The van der Waals surface area contributed by atoms with Gasteiger partial charge in [-0.2, -0.15) is 18.3 Å². The SMILES string of the molecule is Cc1nn(C)c(Oc2ccccc2C(F)(F)F)c1C(N)=S. The highest BCUT2D eigenvalue weighted by atomic mass is 32.1. The first-order chi connectivity index (χ1) is 9.71. The van der Waals surface area contributed by atoms with E-state index >= 15 is 0 Å². The van der Waals surface area contributed by atoms with Crippen molar-refractivity contribution in [3.8, 4) is 11.6 Å². The lowest BCUT2D eigenvalue weighted by Crippen LogP contribution is -2.12. The highest BCUT2D eigenvalue weighted by Gasteiger charge is 2.34. The summed E-state index contributed by atoms with van der Waals surface area (Å²) in [6.07, 6.45) is -4.52.